The molecule has 3 aromatic rings. The molecule has 5 nitrogen and oxygen atoms in total. The maximum absolute atomic E-state index is 12.9. The third kappa shape index (κ3) is 3.55. The van der Waals surface area contributed by atoms with Gasteiger partial charge in [-0.2, -0.15) is 5.10 Å². The molecule has 0 aliphatic heterocycles. The highest BCUT2D eigenvalue weighted by atomic mass is 16.5. The largest absolute Gasteiger partial charge is 0.493 e. The molecule has 0 saturated carbocycles. The number of benzene rings is 2. The number of rotatable bonds is 5. The van der Waals surface area contributed by atoms with Gasteiger partial charge in [0, 0.05) is 13.6 Å². The molecule has 5 heteroatoms. The molecule has 0 N–H and O–H groups in total. The topological polar surface area (TPSA) is 47.4 Å². The summed E-state index contributed by atoms with van der Waals surface area (Å²) in [7, 11) is 3.32. The van der Waals surface area contributed by atoms with Gasteiger partial charge in [0.15, 0.2) is 11.4 Å². The predicted octanol–water partition coefficient (Wildman–Crippen LogP) is 3.46. The van der Waals surface area contributed by atoms with Crippen molar-refractivity contribution in [3.05, 3.63) is 77.6 Å². The lowest BCUT2D eigenvalue weighted by Gasteiger charge is -2.17. The molecule has 1 amide bonds. The fourth-order valence-corrected chi connectivity index (χ4v) is 2.66. The van der Waals surface area contributed by atoms with E-state index in [1.54, 1.807) is 29.9 Å². The lowest BCUT2D eigenvalue weighted by molar-refractivity contribution is 0.0775. The summed E-state index contributed by atoms with van der Waals surface area (Å²) in [5.41, 5.74) is 3.45. The second kappa shape index (κ2) is 7.21. The van der Waals surface area contributed by atoms with Crippen LogP contribution >= 0.6 is 0 Å². The summed E-state index contributed by atoms with van der Waals surface area (Å²) in [5, 5.41) is 4.44. The Morgan fingerprint density at radius 1 is 1.12 bits per heavy atom. The van der Waals surface area contributed by atoms with Crippen molar-refractivity contribution in [1.29, 1.82) is 0 Å². The van der Waals surface area contributed by atoms with Crippen LogP contribution in [0.5, 0.6) is 5.75 Å². The number of hydrogen-bond donors (Lipinski definition) is 0. The highest BCUT2D eigenvalue weighted by molar-refractivity contribution is 5.94. The first-order valence-corrected chi connectivity index (χ1v) is 8.09. The number of ether oxygens (including phenoxy) is 1. The number of aryl methyl sites for hydroxylation is 1. The van der Waals surface area contributed by atoms with E-state index in [1.165, 1.54) is 0 Å². The number of carbonyl (C=O) groups excluding carboxylic acids is 1. The lowest BCUT2D eigenvalue weighted by Crippen LogP contribution is -2.27. The maximum atomic E-state index is 12.9. The lowest BCUT2D eigenvalue weighted by atomic mass is 10.1. The number of hydrogen-bond acceptors (Lipinski definition) is 3. The van der Waals surface area contributed by atoms with E-state index >= 15 is 0 Å². The Labute approximate surface area is 147 Å². The van der Waals surface area contributed by atoms with Crippen molar-refractivity contribution >= 4 is 5.91 Å². The molecule has 128 valence electrons. The average molecular weight is 335 g/mol. The van der Waals surface area contributed by atoms with Crippen molar-refractivity contribution in [2.75, 3.05) is 14.2 Å². The minimum Gasteiger partial charge on any atom is -0.493 e. The molecule has 0 fully saturated rings. The monoisotopic (exact) mass is 335 g/mol. The normalized spacial score (nSPS) is 10.5. The quantitative estimate of drug-likeness (QED) is 0.717. The third-order valence-corrected chi connectivity index (χ3v) is 4.14. The first kappa shape index (κ1) is 16.8. The van der Waals surface area contributed by atoms with Crippen LogP contribution in [0.2, 0.25) is 0 Å². The first-order chi connectivity index (χ1) is 12.1. The summed E-state index contributed by atoms with van der Waals surface area (Å²) in [6.07, 6.45) is 1.73. The van der Waals surface area contributed by atoms with Crippen LogP contribution in [0.25, 0.3) is 5.69 Å². The van der Waals surface area contributed by atoms with Crippen LogP contribution < -0.4 is 4.74 Å². The van der Waals surface area contributed by atoms with E-state index in [1.807, 2.05) is 61.5 Å². The zero-order chi connectivity index (χ0) is 17.8. The molecule has 0 aliphatic carbocycles. The minimum atomic E-state index is -0.171. The van der Waals surface area contributed by atoms with Crippen LogP contribution in [-0.2, 0) is 6.54 Å². The van der Waals surface area contributed by atoms with Gasteiger partial charge >= 0.3 is 0 Å². The number of nitrogens with zero attached hydrogens (tertiary/aromatic N) is 3. The average Bonchev–Trinajstić information content (AvgIpc) is 3.08. The maximum Gasteiger partial charge on any atom is 0.278 e. The first-order valence-electron chi connectivity index (χ1n) is 8.09. The van der Waals surface area contributed by atoms with Crippen LogP contribution in [0.1, 0.15) is 21.6 Å². The van der Waals surface area contributed by atoms with Gasteiger partial charge in [0.05, 0.1) is 19.0 Å². The summed E-state index contributed by atoms with van der Waals surface area (Å²) in [4.78, 5) is 14.5. The van der Waals surface area contributed by atoms with E-state index in [0.717, 1.165) is 16.8 Å². The van der Waals surface area contributed by atoms with Crippen molar-refractivity contribution < 1.29 is 9.53 Å². The van der Waals surface area contributed by atoms with Gasteiger partial charge in [-0.3, -0.25) is 4.79 Å². The van der Waals surface area contributed by atoms with Gasteiger partial charge in [-0.25, -0.2) is 4.68 Å². The van der Waals surface area contributed by atoms with Crippen molar-refractivity contribution in [1.82, 2.24) is 14.7 Å². The Balaban J connectivity index is 1.86. The molecular formula is C20H21N3O2. The molecule has 0 atom stereocenters. The fraction of sp³-hybridized carbons (Fsp3) is 0.200. The predicted molar refractivity (Wildman–Crippen MR) is 97.1 cm³/mol. The highest BCUT2D eigenvalue weighted by Gasteiger charge is 2.22. The zero-order valence-electron chi connectivity index (χ0n) is 14.6. The van der Waals surface area contributed by atoms with Crippen LogP contribution in [0.3, 0.4) is 0 Å². The van der Waals surface area contributed by atoms with E-state index in [-0.39, 0.29) is 5.91 Å². The van der Waals surface area contributed by atoms with E-state index in [0.29, 0.717) is 18.0 Å². The van der Waals surface area contributed by atoms with Gasteiger partial charge in [-0.05, 0) is 30.2 Å². The Bertz CT molecular complexity index is 872. The molecule has 1 aromatic heterocycles. The van der Waals surface area contributed by atoms with Crippen molar-refractivity contribution in [2.24, 2.45) is 0 Å². The van der Waals surface area contributed by atoms with Gasteiger partial charge in [-0.15, -0.1) is 0 Å². The molecule has 3 rings (SSSR count). The van der Waals surface area contributed by atoms with Crippen LogP contribution in [0, 0.1) is 6.92 Å². The van der Waals surface area contributed by atoms with Crippen molar-refractivity contribution in [3.63, 3.8) is 0 Å². The number of methoxy groups -OCH3 is 1. The number of carbonyl (C=O) groups is 1. The number of para-hydroxylation sites is 1. The summed E-state index contributed by atoms with van der Waals surface area (Å²) >= 11 is 0. The smallest absolute Gasteiger partial charge is 0.278 e. The van der Waals surface area contributed by atoms with Gasteiger partial charge in [0.25, 0.3) is 5.91 Å². The van der Waals surface area contributed by atoms with E-state index in [2.05, 4.69) is 5.10 Å². The van der Waals surface area contributed by atoms with E-state index in [4.69, 9.17) is 4.74 Å². The van der Waals surface area contributed by atoms with Crippen LogP contribution in [-0.4, -0.2) is 34.7 Å². The summed E-state index contributed by atoms with van der Waals surface area (Å²) in [5.74, 6) is 0.292. The van der Waals surface area contributed by atoms with Crippen molar-refractivity contribution in [2.45, 2.75) is 13.5 Å². The van der Waals surface area contributed by atoms with Gasteiger partial charge in [0.2, 0.25) is 0 Å². The Kier molecular flexibility index (Phi) is 4.84. The highest BCUT2D eigenvalue weighted by Crippen LogP contribution is 2.21. The van der Waals surface area contributed by atoms with E-state index in [9.17, 15) is 4.79 Å². The van der Waals surface area contributed by atoms with Gasteiger partial charge in [0.1, 0.15) is 0 Å². The summed E-state index contributed by atoms with van der Waals surface area (Å²) in [6, 6.07) is 17.7. The zero-order valence-corrected chi connectivity index (χ0v) is 14.6. The standard InChI is InChI=1S/C20H21N3O2/c1-15-9-7-8-10-16(15)13-22(2)20(24)19-18(25-3)14-23(21-19)17-11-5-4-6-12-17/h4-12,14H,13H2,1-3H3. The summed E-state index contributed by atoms with van der Waals surface area (Å²) in [6.45, 7) is 2.56. The number of aromatic nitrogens is 2. The van der Waals surface area contributed by atoms with Gasteiger partial charge < -0.3 is 9.64 Å². The molecule has 0 aliphatic rings. The van der Waals surface area contributed by atoms with Crippen LogP contribution in [0.15, 0.2) is 60.8 Å². The van der Waals surface area contributed by atoms with Crippen molar-refractivity contribution in [3.8, 4) is 11.4 Å². The molecule has 0 saturated heterocycles. The Hall–Kier alpha value is -3.08. The SMILES string of the molecule is COc1cn(-c2ccccc2)nc1C(=O)N(C)Cc1ccccc1C. The summed E-state index contributed by atoms with van der Waals surface area (Å²) < 4.78 is 7.02. The molecular weight excluding hydrogens is 314 g/mol. The minimum absolute atomic E-state index is 0.171. The number of amides is 1. The van der Waals surface area contributed by atoms with E-state index < -0.39 is 0 Å². The fourth-order valence-electron chi connectivity index (χ4n) is 2.66. The molecule has 0 spiro atoms. The Morgan fingerprint density at radius 2 is 1.80 bits per heavy atom. The molecule has 0 bridgehead atoms. The Morgan fingerprint density at radius 3 is 2.48 bits per heavy atom. The second-order valence-corrected chi connectivity index (χ2v) is 5.91. The van der Waals surface area contributed by atoms with Gasteiger partial charge in [-0.1, -0.05) is 42.5 Å². The molecule has 2 aromatic carbocycles. The molecule has 0 unspecified atom stereocenters. The second-order valence-electron chi connectivity index (χ2n) is 5.91. The molecule has 1 heterocycles. The molecule has 25 heavy (non-hydrogen) atoms. The molecule has 0 radical (unpaired) electrons. The van der Waals surface area contributed by atoms with Crippen LogP contribution in [0.4, 0.5) is 0 Å². The third-order valence-electron chi connectivity index (χ3n) is 4.14.